The van der Waals surface area contributed by atoms with Crippen molar-refractivity contribution >= 4 is 23.6 Å². The number of nitrogens with zero attached hydrogens (tertiary/aromatic N) is 5. The van der Waals surface area contributed by atoms with Crippen LogP contribution in [0.3, 0.4) is 0 Å². The van der Waals surface area contributed by atoms with Gasteiger partial charge in [0.15, 0.2) is 0 Å². The molecule has 4 heterocycles. The summed E-state index contributed by atoms with van der Waals surface area (Å²) in [6.07, 6.45) is 13.4. The maximum atomic E-state index is 11.2. The van der Waals surface area contributed by atoms with Crippen molar-refractivity contribution < 1.29 is 4.79 Å². The Bertz CT molecular complexity index is 1230. The zero-order valence-corrected chi connectivity index (χ0v) is 18.9. The number of nitrogens with one attached hydrogen (secondary N) is 2. The van der Waals surface area contributed by atoms with Gasteiger partial charge in [-0.2, -0.15) is 15.5 Å². The first-order chi connectivity index (χ1) is 15.7. The lowest BCUT2D eigenvalue weighted by atomic mass is 10.1. The molecule has 1 aliphatic rings. The van der Waals surface area contributed by atoms with Crippen molar-refractivity contribution in [1.29, 1.82) is 5.26 Å². The molecule has 0 aliphatic carbocycles. The van der Waals surface area contributed by atoms with Crippen LogP contribution in [0.1, 0.15) is 30.1 Å². The van der Waals surface area contributed by atoms with Crippen LogP contribution in [-0.2, 0) is 4.79 Å². The van der Waals surface area contributed by atoms with Gasteiger partial charge >= 0.3 is 0 Å². The highest BCUT2D eigenvalue weighted by atomic mass is 32.2. The Balaban J connectivity index is 1.80. The minimum absolute atomic E-state index is 0.395. The van der Waals surface area contributed by atoms with Gasteiger partial charge in [0.2, 0.25) is 0 Å². The smallest absolute Gasteiger partial charge is 0.143 e. The molecule has 0 spiro atoms. The lowest BCUT2D eigenvalue weighted by Gasteiger charge is -2.24. The molecule has 2 N–H and O–H groups in total. The maximum absolute atomic E-state index is 11.2. The van der Waals surface area contributed by atoms with Crippen LogP contribution < -0.4 is 10.6 Å². The van der Waals surface area contributed by atoms with Crippen molar-refractivity contribution in [3.8, 4) is 17.2 Å². The van der Waals surface area contributed by atoms with Gasteiger partial charge in [-0.15, -0.1) is 0 Å². The molecule has 0 radical (unpaired) electrons. The summed E-state index contributed by atoms with van der Waals surface area (Å²) >= 11 is 1.42. The Hall–Kier alpha value is -3.35. The van der Waals surface area contributed by atoms with Gasteiger partial charge in [-0.05, 0) is 57.3 Å². The summed E-state index contributed by atoms with van der Waals surface area (Å²) in [5, 5.41) is 25.0. The first kappa shape index (κ1) is 21.9. The second-order valence-electron chi connectivity index (χ2n) is 7.55. The molecule has 0 unspecified atom stereocenters. The van der Waals surface area contributed by atoms with Crippen molar-refractivity contribution in [2.24, 2.45) is 0 Å². The Kier molecular flexibility index (Phi) is 6.73. The lowest BCUT2D eigenvalue weighted by molar-refractivity contribution is -0.104. The number of aldehydes is 1. The van der Waals surface area contributed by atoms with Gasteiger partial charge in [-0.3, -0.25) is 9.48 Å². The first-order valence-electron chi connectivity index (χ1n) is 10.5. The molecule has 0 saturated carbocycles. The maximum Gasteiger partial charge on any atom is 0.143 e. The van der Waals surface area contributed by atoms with E-state index in [0.717, 1.165) is 64.4 Å². The number of carbonyl (C=O) groups excluding carboxylic acids is 1. The molecular formula is C23H25N7OS. The van der Waals surface area contributed by atoms with E-state index >= 15 is 0 Å². The molecule has 3 aromatic heterocycles. The van der Waals surface area contributed by atoms with E-state index in [1.54, 1.807) is 24.0 Å². The van der Waals surface area contributed by atoms with E-state index in [9.17, 15) is 10.1 Å². The number of thioether (sulfide) groups is 1. The number of nitriles is 1. The molecule has 32 heavy (non-hydrogen) atoms. The molecule has 0 amide bonds. The number of pyridine rings is 1. The molecule has 0 aromatic carbocycles. The van der Waals surface area contributed by atoms with Crippen molar-refractivity contribution in [2.75, 3.05) is 20.1 Å². The molecule has 1 fully saturated rings. The third-order valence-corrected chi connectivity index (χ3v) is 6.62. The molecule has 1 aliphatic heterocycles. The van der Waals surface area contributed by atoms with Gasteiger partial charge in [0, 0.05) is 39.9 Å². The second kappa shape index (κ2) is 9.85. The molecular weight excluding hydrogens is 422 g/mol. The summed E-state index contributed by atoms with van der Waals surface area (Å²) in [7, 11) is 1.80. The van der Waals surface area contributed by atoms with Gasteiger partial charge < -0.3 is 10.6 Å². The van der Waals surface area contributed by atoms with Crippen molar-refractivity contribution in [1.82, 2.24) is 30.0 Å². The number of carbonyl (C=O) groups is 1. The van der Waals surface area contributed by atoms with Crippen molar-refractivity contribution in [3.05, 3.63) is 59.2 Å². The van der Waals surface area contributed by atoms with Crippen LogP contribution in [0.2, 0.25) is 0 Å². The normalized spacial score (nSPS) is 15.3. The highest BCUT2D eigenvalue weighted by Crippen LogP contribution is 2.37. The largest absolute Gasteiger partial charge is 0.394 e. The molecule has 8 nitrogen and oxygen atoms in total. The molecule has 3 aromatic rings. The first-order valence-corrected chi connectivity index (χ1v) is 11.3. The van der Waals surface area contributed by atoms with Gasteiger partial charge in [0.25, 0.3) is 0 Å². The third-order valence-electron chi connectivity index (χ3n) is 5.58. The highest BCUT2D eigenvalue weighted by Gasteiger charge is 2.21. The SMILES string of the molecule is CN/C=C\C(=C/C=O)Sc1cc(-c2cnn(C3CCNCC3)c2C)cn2ncc(C#N)c12. The standard InChI is InChI=1S/C23H25N7OS/c1-16-21(14-28-30(16)19-3-8-26-9-4-19)17-11-22(32-20(6-10-31)5-7-25-2)23-18(12-24)13-27-29(23)15-17/h5-7,10-11,13-15,19,25-26H,3-4,8-9H2,1-2H3/b7-5-,20-6+. The van der Waals surface area contributed by atoms with Crippen LogP contribution in [0.25, 0.3) is 16.6 Å². The monoisotopic (exact) mass is 447 g/mol. The average molecular weight is 448 g/mol. The molecule has 164 valence electrons. The van der Waals surface area contributed by atoms with E-state index in [2.05, 4.69) is 33.4 Å². The van der Waals surface area contributed by atoms with E-state index in [1.165, 1.54) is 17.8 Å². The zero-order chi connectivity index (χ0) is 22.5. The fourth-order valence-corrected chi connectivity index (χ4v) is 5.00. The van der Waals surface area contributed by atoms with E-state index in [1.807, 2.05) is 24.5 Å². The number of allylic oxidation sites excluding steroid dienone is 2. The summed E-state index contributed by atoms with van der Waals surface area (Å²) in [6, 6.07) is 4.66. The topological polar surface area (TPSA) is 100 Å². The second-order valence-corrected chi connectivity index (χ2v) is 8.67. The predicted molar refractivity (Wildman–Crippen MR) is 125 cm³/mol. The minimum Gasteiger partial charge on any atom is -0.394 e. The van der Waals surface area contributed by atoms with Crippen LogP contribution in [0.4, 0.5) is 0 Å². The lowest BCUT2D eigenvalue weighted by Crippen LogP contribution is -2.30. The number of piperidine rings is 1. The number of aromatic nitrogens is 4. The minimum atomic E-state index is 0.395. The van der Waals surface area contributed by atoms with Gasteiger partial charge in [-0.1, -0.05) is 11.8 Å². The number of fused-ring (bicyclic) bond motifs is 1. The van der Waals surface area contributed by atoms with E-state index in [-0.39, 0.29) is 0 Å². The Morgan fingerprint density at radius 2 is 2.16 bits per heavy atom. The van der Waals surface area contributed by atoms with Crippen LogP contribution >= 0.6 is 11.8 Å². The summed E-state index contributed by atoms with van der Waals surface area (Å²) in [4.78, 5) is 12.8. The fraction of sp³-hybridized carbons (Fsp3) is 0.304. The third kappa shape index (κ3) is 4.33. The summed E-state index contributed by atoms with van der Waals surface area (Å²) in [5.74, 6) is 0. The molecule has 9 heteroatoms. The van der Waals surface area contributed by atoms with Crippen LogP contribution in [-0.4, -0.2) is 45.8 Å². The van der Waals surface area contributed by atoms with Crippen molar-refractivity contribution in [2.45, 2.75) is 30.7 Å². The highest BCUT2D eigenvalue weighted by molar-refractivity contribution is 8.03. The molecule has 1 saturated heterocycles. The number of hydrogen-bond donors (Lipinski definition) is 2. The quantitative estimate of drug-likeness (QED) is 0.248. The van der Waals surface area contributed by atoms with Crippen LogP contribution in [0.5, 0.6) is 0 Å². The molecule has 0 bridgehead atoms. The zero-order valence-electron chi connectivity index (χ0n) is 18.1. The van der Waals surface area contributed by atoms with Crippen LogP contribution in [0.15, 0.2) is 52.8 Å². The Morgan fingerprint density at radius 3 is 2.88 bits per heavy atom. The van der Waals surface area contributed by atoms with Crippen molar-refractivity contribution in [3.63, 3.8) is 0 Å². The average Bonchev–Trinajstić information content (AvgIpc) is 3.41. The number of rotatable bonds is 7. The van der Waals surface area contributed by atoms with Gasteiger partial charge in [-0.25, -0.2) is 4.52 Å². The van der Waals surface area contributed by atoms with Crippen LogP contribution in [0, 0.1) is 18.3 Å². The summed E-state index contributed by atoms with van der Waals surface area (Å²) in [6.45, 7) is 4.10. The van der Waals surface area contributed by atoms with E-state index in [4.69, 9.17) is 5.10 Å². The molecule has 4 rings (SSSR count). The van der Waals surface area contributed by atoms with Gasteiger partial charge in [0.1, 0.15) is 12.4 Å². The van der Waals surface area contributed by atoms with Gasteiger partial charge in [0.05, 0.1) is 29.5 Å². The summed E-state index contributed by atoms with van der Waals surface area (Å²) in [5.41, 5.74) is 4.32. The van der Waals surface area contributed by atoms with E-state index in [0.29, 0.717) is 11.6 Å². The Labute approximate surface area is 191 Å². The molecule has 0 atom stereocenters. The predicted octanol–water partition coefficient (Wildman–Crippen LogP) is 3.21. The fourth-order valence-electron chi connectivity index (χ4n) is 4.00. The van der Waals surface area contributed by atoms with E-state index < -0.39 is 0 Å². The number of hydrogen-bond acceptors (Lipinski definition) is 7. The summed E-state index contributed by atoms with van der Waals surface area (Å²) < 4.78 is 3.86. The Morgan fingerprint density at radius 1 is 1.34 bits per heavy atom.